The van der Waals surface area contributed by atoms with E-state index in [4.69, 9.17) is 0 Å². The van der Waals surface area contributed by atoms with Gasteiger partial charge in [-0.05, 0) is 30.7 Å². The van der Waals surface area contributed by atoms with Crippen LogP contribution in [0.4, 0.5) is 11.5 Å². The normalized spacial score (nSPS) is 10.9. The lowest BCUT2D eigenvalue weighted by atomic mass is 10.2. The third-order valence-corrected chi connectivity index (χ3v) is 3.80. The average molecular weight is 316 g/mol. The fraction of sp³-hybridized carbons (Fsp3) is 0.111. The molecule has 0 aliphatic heterocycles. The number of pyridine rings is 1. The fourth-order valence-corrected chi connectivity index (χ4v) is 2.55. The molecule has 6 nitrogen and oxygen atoms in total. The highest BCUT2D eigenvalue weighted by Gasteiger charge is 2.10. The first-order valence-electron chi connectivity index (χ1n) is 7.69. The topological polar surface area (TPSA) is 68.5 Å². The van der Waals surface area contributed by atoms with Crippen LogP contribution in [0.5, 0.6) is 0 Å². The molecule has 0 saturated carbocycles. The number of benzene rings is 1. The minimum atomic E-state index is 0.623. The molecule has 4 aromatic rings. The first kappa shape index (κ1) is 14.3. The molecule has 3 heterocycles. The van der Waals surface area contributed by atoms with Gasteiger partial charge in [-0.1, -0.05) is 23.8 Å². The molecule has 0 unspecified atom stereocenters. The van der Waals surface area contributed by atoms with Gasteiger partial charge in [-0.15, -0.1) is 0 Å². The van der Waals surface area contributed by atoms with Crippen molar-refractivity contribution >= 4 is 22.5 Å². The van der Waals surface area contributed by atoms with E-state index in [-0.39, 0.29) is 0 Å². The van der Waals surface area contributed by atoms with Gasteiger partial charge in [0.1, 0.15) is 12.1 Å². The molecule has 4 rings (SSSR count). The second kappa shape index (κ2) is 6.08. The molecule has 0 spiro atoms. The summed E-state index contributed by atoms with van der Waals surface area (Å²) >= 11 is 0. The van der Waals surface area contributed by atoms with Gasteiger partial charge in [-0.25, -0.2) is 14.6 Å². The molecule has 0 saturated heterocycles. The van der Waals surface area contributed by atoms with Crippen LogP contribution < -0.4 is 5.32 Å². The maximum absolute atomic E-state index is 4.45. The van der Waals surface area contributed by atoms with E-state index in [1.807, 2.05) is 35.1 Å². The van der Waals surface area contributed by atoms with Gasteiger partial charge in [-0.3, -0.25) is 4.98 Å². The molecule has 0 bridgehead atoms. The first-order valence-corrected chi connectivity index (χ1v) is 7.69. The van der Waals surface area contributed by atoms with Crippen LogP contribution in [-0.2, 0) is 6.54 Å². The van der Waals surface area contributed by atoms with Gasteiger partial charge in [0.25, 0.3) is 0 Å². The van der Waals surface area contributed by atoms with E-state index >= 15 is 0 Å². The molecule has 0 amide bonds. The standard InChI is InChI=1S/C18H16N6/c1-13-4-6-15(7-5-13)23-17-16-10-22-24(18(16)21-12-20-17)11-14-3-2-8-19-9-14/h2-10,12H,11H2,1H3,(H,20,21,23). The zero-order chi connectivity index (χ0) is 16.4. The Morgan fingerprint density at radius 1 is 1.04 bits per heavy atom. The Morgan fingerprint density at radius 3 is 2.71 bits per heavy atom. The molecule has 118 valence electrons. The summed E-state index contributed by atoms with van der Waals surface area (Å²) in [5, 5.41) is 8.68. The summed E-state index contributed by atoms with van der Waals surface area (Å²) in [4.78, 5) is 12.9. The summed E-state index contributed by atoms with van der Waals surface area (Å²) in [6.45, 7) is 2.69. The van der Waals surface area contributed by atoms with Gasteiger partial charge in [0.2, 0.25) is 0 Å². The van der Waals surface area contributed by atoms with Gasteiger partial charge in [0, 0.05) is 18.1 Å². The van der Waals surface area contributed by atoms with Crippen molar-refractivity contribution in [2.75, 3.05) is 5.32 Å². The molecule has 0 fully saturated rings. The number of aromatic nitrogens is 5. The van der Waals surface area contributed by atoms with Crippen molar-refractivity contribution in [3.63, 3.8) is 0 Å². The summed E-state index contributed by atoms with van der Waals surface area (Å²) in [6.07, 6.45) is 6.94. The van der Waals surface area contributed by atoms with Crippen molar-refractivity contribution in [2.45, 2.75) is 13.5 Å². The van der Waals surface area contributed by atoms with E-state index < -0.39 is 0 Å². The SMILES string of the molecule is Cc1ccc(Nc2ncnc3c2cnn3Cc2cccnc2)cc1. The van der Waals surface area contributed by atoms with Crippen LogP contribution in [0.15, 0.2) is 61.3 Å². The summed E-state index contributed by atoms with van der Waals surface area (Å²) in [7, 11) is 0. The van der Waals surface area contributed by atoms with Gasteiger partial charge < -0.3 is 5.32 Å². The fourth-order valence-electron chi connectivity index (χ4n) is 2.55. The zero-order valence-corrected chi connectivity index (χ0v) is 13.2. The lowest BCUT2D eigenvalue weighted by Crippen LogP contribution is -2.03. The van der Waals surface area contributed by atoms with Gasteiger partial charge in [0.05, 0.1) is 18.1 Å². The second-order valence-corrected chi connectivity index (χ2v) is 5.61. The first-order chi connectivity index (χ1) is 11.8. The van der Waals surface area contributed by atoms with Crippen LogP contribution in [0.3, 0.4) is 0 Å². The molecule has 0 atom stereocenters. The molecule has 0 aliphatic carbocycles. The summed E-state index contributed by atoms with van der Waals surface area (Å²) in [6, 6.07) is 12.1. The Morgan fingerprint density at radius 2 is 1.92 bits per heavy atom. The van der Waals surface area contributed by atoms with Gasteiger partial charge in [-0.2, -0.15) is 5.10 Å². The maximum atomic E-state index is 4.45. The van der Waals surface area contributed by atoms with Crippen molar-refractivity contribution in [1.82, 2.24) is 24.7 Å². The molecular formula is C18H16N6. The number of hydrogen-bond donors (Lipinski definition) is 1. The monoisotopic (exact) mass is 316 g/mol. The van der Waals surface area contributed by atoms with Gasteiger partial charge >= 0.3 is 0 Å². The zero-order valence-electron chi connectivity index (χ0n) is 13.2. The van der Waals surface area contributed by atoms with Crippen LogP contribution in [0.2, 0.25) is 0 Å². The van der Waals surface area contributed by atoms with Crippen LogP contribution in [0.1, 0.15) is 11.1 Å². The number of hydrogen-bond acceptors (Lipinski definition) is 5. The lowest BCUT2D eigenvalue weighted by Gasteiger charge is -2.07. The van der Waals surface area contributed by atoms with Crippen LogP contribution in [0, 0.1) is 6.92 Å². The number of anilines is 2. The predicted molar refractivity (Wildman–Crippen MR) is 93.1 cm³/mol. The third-order valence-electron chi connectivity index (χ3n) is 3.80. The highest BCUT2D eigenvalue weighted by atomic mass is 15.3. The number of aryl methyl sites for hydroxylation is 1. The van der Waals surface area contributed by atoms with Crippen molar-refractivity contribution in [1.29, 1.82) is 0 Å². The van der Waals surface area contributed by atoms with E-state index in [9.17, 15) is 0 Å². The van der Waals surface area contributed by atoms with Crippen molar-refractivity contribution in [3.05, 3.63) is 72.4 Å². The predicted octanol–water partition coefficient (Wildman–Crippen LogP) is 3.32. The molecule has 3 aromatic heterocycles. The maximum Gasteiger partial charge on any atom is 0.163 e. The molecule has 0 radical (unpaired) electrons. The quantitative estimate of drug-likeness (QED) is 0.625. The van der Waals surface area contributed by atoms with Crippen molar-refractivity contribution in [2.24, 2.45) is 0 Å². The molecular weight excluding hydrogens is 300 g/mol. The van der Waals surface area contributed by atoms with Gasteiger partial charge in [0.15, 0.2) is 5.65 Å². The van der Waals surface area contributed by atoms with Crippen LogP contribution >= 0.6 is 0 Å². The Kier molecular flexibility index (Phi) is 3.63. The highest BCUT2D eigenvalue weighted by Crippen LogP contribution is 2.23. The molecule has 0 aliphatic rings. The number of fused-ring (bicyclic) bond motifs is 1. The number of rotatable bonds is 4. The van der Waals surface area contributed by atoms with E-state index in [1.165, 1.54) is 5.56 Å². The summed E-state index contributed by atoms with van der Waals surface area (Å²) in [5.41, 5.74) is 4.08. The minimum absolute atomic E-state index is 0.623. The van der Waals surface area contributed by atoms with Crippen LogP contribution in [0.25, 0.3) is 11.0 Å². The molecule has 24 heavy (non-hydrogen) atoms. The minimum Gasteiger partial charge on any atom is -0.340 e. The lowest BCUT2D eigenvalue weighted by molar-refractivity contribution is 0.701. The largest absolute Gasteiger partial charge is 0.340 e. The Balaban J connectivity index is 1.67. The van der Waals surface area contributed by atoms with E-state index in [0.717, 1.165) is 28.1 Å². The van der Waals surface area contributed by atoms with E-state index in [2.05, 4.69) is 44.4 Å². The summed E-state index contributed by atoms with van der Waals surface area (Å²) < 4.78 is 1.86. The van der Waals surface area contributed by atoms with E-state index in [0.29, 0.717) is 6.54 Å². The molecule has 6 heteroatoms. The van der Waals surface area contributed by atoms with Crippen molar-refractivity contribution in [3.8, 4) is 0 Å². The second-order valence-electron chi connectivity index (χ2n) is 5.61. The average Bonchev–Trinajstić information content (AvgIpc) is 3.02. The smallest absolute Gasteiger partial charge is 0.163 e. The summed E-state index contributed by atoms with van der Waals surface area (Å²) in [5.74, 6) is 0.751. The molecule has 1 N–H and O–H groups in total. The van der Waals surface area contributed by atoms with E-state index in [1.54, 1.807) is 18.7 Å². The Bertz CT molecular complexity index is 960. The Hall–Kier alpha value is -3.28. The third kappa shape index (κ3) is 2.81. The molecule has 1 aromatic carbocycles. The number of nitrogens with one attached hydrogen (secondary N) is 1. The highest BCUT2D eigenvalue weighted by molar-refractivity contribution is 5.88. The van der Waals surface area contributed by atoms with Crippen LogP contribution in [-0.4, -0.2) is 24.7 Å². The number of nitrogens with zero attached hydrogens (tertiary/aromatic N) is 5. The Labute approximate surface area is 139 Å². The van der Waals surface area contributed by atoms with Crippen molar-refractivity contribution < 1.29 is 0 Å².